The minimum absolute atomic E-state index is 0.00383. The summed E-state index contributed by atoms with van der Waals surface area (Å²) in [6.07, 6.45) is 2.55. The second kappa shape index (κ2) is 6.01. The van der Waals surface area contributed by atoms with E-state index in [4.69, 9.17) is 5.11 Å². The molecule has 0 saturated heterocycles. The van der Waals surface area contributed by atoms with Crippen LogP contribution in [0.2, 0.25) is 0 Å². The van der Waals surface area contributed by atoms with Crippen LogP contribution in [0.15, 0.2) is 28.3 Å². The van der Waals surface area contributed by atoms with E-state index in [-0.39, 0.29) is 11.8 Å². The van der Waals surface area contributed by atoms with Crippen LogP contribution in [0.5, 0.6) is 0 Å². The highest BCUT2D eigenvalue weighted by Crippen LogP contribution is 2.22. The third-order valence-electron chi connectivity index (χ3n) is 2.45. The molecule has 18 heavy (non-hydrogen) atoms. The third kappa shape index (κ3) is 3.33. The summed E-state index contributed by atoms with van der Waals surface area (Å²) < 4.78 is 1.92. The highest BCUT2D eigenvalue weighted by Gasteiger charge is 2.13. The predicted molar refractivity (Wildman–Crippen MR) is 71.1 cm³/mol. The fraction of sp³-hybridized carbons (Fsp3) is 0.364. The third-order valence-corrected chi connectivity index (χ3v) is 4.13. The Morgan fingerprint density at radius 3 is 3.17 bits per heavy atom. The normalized spacial score (nSPS) is 12.5. The zero-order valence-corrected chi connectivity index (χ0v) is 11.4. The number of aliphatic carboxylic acids is 1. The second-order valence-corrected chi connectivity index (χ2v) is 5.61. The highest BCUT2D eigenvalue weighted by atomic mass is 32.2. The maximum Gasteiger partial charge on any atom is 0.313 e. The van der Waals surface area contributed by atoms with E-state index < -0.39 is 5.97 Å². The Bertz CT molecular complexity index is 510. The molecule has 7 heteroatoms. The summed E-state index contributed by atoms with van der Waals surface area (Å²) in [4.78, 5) is 10.6. The molecular weight excluding hydrogens is 270 g/mol. The summed E-state index contributed by atoms with van der Waals surface area (Å²) in [6.45, 7) is 2.08. The molecule has 0 aliphatic rings. The number of carboxylic acid groups (broad SMARTS) is 1. The van der Waals surface area contributed by atoms with E-state index in [1.807, 2.05) is 9.95 Å². The molecule has 0 aromatic carbocycles. The van der Waals surface area contributed by atoms with Crippen molar-refractivity contribution in [3.8, 4) is 0 Å². The Morgan fingerprint density at radius 1 is 1.67 bits per heavy atom. The van der Waals surface area contributed by atoms with E-state index in [2.05, 4.69) is 28.6 Å². The number of rotatable bonds is 6. The number of thioether (sulfide) groups is 1. The maximum atomic E-state index is 10.6. The van der Waals surface area contributed by atoms with Crippen LogP contribution in [-0.2, 0) is 11.2 Å². The van der Waals surface area contributed by atoms with Gasteiger partial charge in [0, 0.05) is 6.04 Å². The molecule has 2 aromatic rings. The second-order valence-electron chi connectivity index (χ2n) is 3.89. The van der Waals surface area contributed by atoms with Gasteiger partial charge in [0.15, 0.2) is 5.16 Å². The fourth-order valence-electron chi connectivity index (χ4n) is 1.61. The molecule has 1 N–H and O–H groups in total. The van der Waals surface area contributed by atoms with Gasteiger partial charge in [0.2, 0.25) is 0 Å². The predicted octanol–water partition coefficient (Wildman–Crippen LogP) is 2.32. The fourth-order valence-corrected chi connectivity index (χ4v) is 3.03. The van der Waals surface area contributed by atoms with E-state index in [9.17, 15) is 4.79 Å². The average Bonchev–Trinajstić information content (AvgIpc) is 2.96. The van der Waals surface area contributed by atoms with E-state index >= 15 is 0 Å². The Balaban J connectivity index is 2.03. The van der Waals surface area contributed by atoms with Crippen LogP contribution in [0.25, 0.3) is 0 Å². The number of carboxylic acids is 1. The molecule has 1 atom stereocenters. The quantitative estimate of drug-likeness (QED) is 0.824. The van der Waals surface area contributed by atoms with Gasteiger partial charge in [-0.2, -0.15) is 11.3 Å². The zero-order valence-electron chi connectivity index (χ0n) is 9.81. The van der Waals surface area contributed by atoms with E-state index in [1.165, 1.54) is 17.3 Å². The molecular formula is C11H13N3O2S2. The molecule has 2 aromatic heterocycles. The van der Waals surface area contributed by atoms with Gasteiger partial charge in [-0.25, -0.2) is 0 Å². The smallest absolute Gasteiger partial charge is 0.313 e. The zero-order chi connectivity index (χ0) is 13.0. The van der Waals surface area contributed by atoms with Gasteiger partial charge in [-0.1, -0.05) is 11.8 Å². The lowest BCUT2D eigenvalue weighted by Gasteiger charge is -2.13. The van der Waals surface area contributed by atoms with Crippen LogP contribution in [0, 0.1) is 0 Å². The molecule has 5 nitrogen and oxygen atoms in total. The van der Waals surface area contributed by atoms with Crippen molar-refractivity contribution < 1.29 is 9.90 Å². The summed E-state index contributed by atoms with van der Waals surface area (Å²) in [7, 11) is 0. The Hall–Kier alpha value is -1.34. The number of thiophene rings is 1. The lowest BCUT2D eigenvalue weighted by atomic mass is 10.1. The van der Waals surface area contributed by atoms with Gasteiger partial charge in [0.25, 0.3) is 0 Å². The SMILES string of the molecule is CC(Cc1ccsc1)n1cnnc1SCC(=O)O. The summed E-state index contributed by atoms with van der Waals surface area (Å²) in [6, 6.07) is 2.31. The highest BCUT2D eigenvalue weighted by molar-refractivity contribution is 7.99. The number of nitrogens with zero attached hydrogens (tertiary/aromatic N) is 3. The monoisotopic (exact) mass is 283 g/mol. The standard InChI is InChI=1S/C11H13N3O2S2/c1-8(4-9-2-3-17-5-9)14-7-12-13-11(14)18-6-10(15)16/h2-3,5,7-8H,4,6H2,1H3,(H,15,16). The Morgan fingerprint density at radius 2 is 2.50 bits per heavy atom. The van der Waals surface area contributed by atoms with E-state index in [0.29, 0.717) is 5.16 Å². The molecule has 96 valence electrons. The molecule has 0 aliphatic heterocycles. The van der Waals surface area contributed by atoms with E-state index in [0.717, 1.165) is 6.42 Å². The molecule has 0 fully saturated rings. The molecule has 0 bridgehead atoms. The first kappa shape index (κ1) is 13.1. The first-order chi connectivity index (χ1) is 8.66. The Labute approximate surface area is 113 Å². The van der Waals surface area contributed by atoms with Gasteiger partial charge in [-0.15, -0.1) is 10.2 Å². The van der Waals surface area contributed by atoms with Crippen LogP contribution in [0.3, 0.4) is 0 Å². The first-order valence-corrected chi connectivity index (χ1v) is 7.35. The molecule has 2 rings (SSSR count). The van der Waals surface area contributed by atoms with Gasteiger partial charge < -0.3 is 9.67 Å². The number of hydrogen-bond acceptors (Lipinski definition) is 5. The van der Waals surface area contributed by atoms with Crippen molar-refractivity contribution >= 4 is 29.1 Å². The van der Waals surface area contributed by atoms with Gasteiger partial charge in [0.1, 0.15) is 6.33 Å². The maximum absolute atomic E-state index is 10.6. The van der Waals surface area contributed by atoms with Crippen molar-refractivity contribution in [2.75, 3.05) is 5.75 Å². The molecule has 0 aliphatic carbocycles. The largest absolute Gasteiger partial charge is 0.481 e. The van der Waals surface area contributed by atoms with Gasteiger partial charge in [0.05, 0.1) is 5.75 Å². The van der Waals surface area contributed by atoms with Crippen molar-refractivity contribution in [3.05, 3.63) is 28.7 Å². The summed E-state index contributed by atoms with van der Waals surface area (Å²) in [5.41, 5.74) is 1.27. The van der Waals surface area contributed by atoms with Gasteiger partial charge >= 0.3 is 5.97 Å². The van der Waals surface area contributed by atoms with Crippen molar-refractivity contribution in [2.45, 2.75) is 24.5 Å². The molecule has 0 amide bonds. The average molecular weight is 283 g/mol. The molecule has 0 saturated carbocycles. The summed E-state index contributed by atoms with van der Waals surface area (Å²) in [5.74, 6) is -0.843. The topological polar surface area (TPSA) is 68.0 Å². The van der Waals surface area contributed by atoms with Gasteiger partial charge in [-0.05, 0) is 35.7 Å². The van der Waals surface area contributed by atoms with Crippen LogP contribution in [0.4, 0.5) is 0 Å². The molecule has 2 heterocycles. The lowest BCUT2D eigenvalue weighted by molar-refractivity contribution is -0.133. The minimum Gasteiger partial charge on any atom is -0.481 e. The minimum atomic E-state index is -0.847. The molecule has 0 radical (unpaired) electrons. The lowest BCUT2D eigenvalue weighted by Crippen LogP contribution is -2.09. The number of carbonyl (C=O) groups is 1. The van der Waals surface area contributed by atoms with E-state index in [1.54, 1.807) is 17.7 Å². The van der Waals surface area contributed by atoms with Crippen LogP contribution < -0.4 is 0 Å². The van der Waals surface area contributed by atoms with Gasteiger partial charge in [-0.3, -0.25) is 4.79 Å². The van der Waals surface area contributed by atoms with Crippen molar-refractivity contribution in [1.82, 2.24) is 14.8 Å². The number of aromatic nitrogens is 3. The van der Waals surface area contributed by atoms with Crippen molar-refractivity contribution in [2.24, 2.45) is 0 Å². The Kier molecular flexibility index (Phi) is 4.38. The van der Waals surface area contributed by atoms with Crippen LogP contribution in [-0.4, -0.2) is 31.6 Å². The van der Waals surface area contributed by atoms with Crippen molar-refractivity contribution in [3.63, 3.8) is 0 Å². The summed E-state index contributed by atoms with van der Waals surface area (Å²) in [5, 5.41) is 21.3. The molecule has 1 unspecified atom stereocenters. The van der Waals surface area contributed by atoms with Crippen molar-refractivity contribution in [1.29, 1.82) is 0 Å². The van der Waals surface area contributed by atoms with Crippen LogP contribution >= 0.6 is 23.1 Å². The number of hydrogen-bond donors (Lipinski definition) is 1. The first-order valence-electron chi connectivity index (χ1n) is 5.42. The van der Waals surface area contributed by atoms with Crippen LogP contribution in [0.1, 0.15) is 18.5 Å². The molecule has 0 spiro atoms. The summed E-state index contributed by atoms with van der Waals surface area (Å²) >= 11 is 2.87.